The molecule has 4 rings (SSSR count). The second kappa shape index (κ2) is 7.51. The average molecular weight is 372 g/mol. The highest BCUT2D eigenvalue weighted by Crippen LogP contribution is 2.32. The molecule has 0 bridgehead atoms. The smallest absolute Gasteiger partial charge is 0.254 e. The second-order valence-corrected chi connectivity index (χ2v) is 7.22. The number of piperidine rings is 1. The summed E-state index contributed by atoms with van der Waals surface area (Å²) < 4.78 is 11.5. The lowest BCUT2D eigenvalue weighted by Gasteiger charge is -2.33. The van der Waals surface area contributed by atoms with Gasteiger partial charge in [-0.05, 0) is 37.5 Å². The van der Waals surface area contributed by atoms with Crippen molar-refractivity contribution >= 4 is 27.5 Å². The van der Waals surface area contributed by atoms with Gasteiger partial charge in [0.2, 0.25) is 5.89 Å². The number of ether oxygens (including phenoxy) is 1. The van der Waals surface area contributed by atoms with Crippen LogP contribution >= 0.6 is 11.3 Å². The monoisotopic (exact) mass is 372 g/mol. The lowest BCUT2D eigenvalue weighted by atomic mass is 10.0. The molecule has 7 nitrogen and oxygen atoms in total. The molecular weight excluding hydrogens is 352 g/mol. The van der Waals surface area contributed by atoms with Crippen molar-refractivity contribution in [2.24, 2.45) is 0 Å². The number of carbonyl (C=O) groups excluding carboxylic acids is 1. The van der Waals surface area contributed by atoms with Crippen LogP contribution in [-0.4, -0.2) is 46.2 Å². The number of likely N-dealkylation sites (tertiary alicyclic amines) is 1. The number of methoxy groups -OCH3 is 1. The first-order valence-corrected chi connectivity index (χ1v) is 9.60. The van der Waals surface area contributed by atoms with E-state index in [1.54, 1.807) is 12.6 Å². The molecule has 1 fully saturated rings. The van der Waals surface area contributed by atoms with E-state index in [4.69, 9.17) is 9.26 Å². The van der Waals surface area contributed by atoms with Crippen LogP contribution in [0.4, 0.5) is 0 Å². The summed E-state index contributed by atoms with van der Waals surface area (Å²) in [5.74, 6) is 1.13. The van der Waals surface area contributed by atoms with Crippen LogP contribution in [0.25, 0.3) is 10.2 Å². The Bertz CT molecular complexity index is 907. The predicted molar refractivity (Wildman–Crippen MR) is 97.1 cm³/mol. The van der Waals surface area contributed by atoms with Crippen molar-refractivity contribution < 1.29 is 14.1 Å². The first-order valence-electron chi connectivity index (χ1n) is 8.72. The summed E-state index contributed by atoms with van der Waals surface area (Å²) >= 11 is 1.54. The van der Waals surface area contributed by atoms with Gasteiger partial charge in [-0.25, -0.2) is 4.98 Å². The molecule has 8 heteroatoms. The van der Waals surface area contributed by atoms with Crippen molar-refractivity contribution in [1.29, 1.82) is 0 Å². The summed E-state index contributed by atoms with van der Waals surface area (Å²) in [6, 6.07) is 5.48. The summed E-state index contributed by atoms with van der Waals surface area (Å²) in [5, 5.41) is 4.02. The third-order valence-electron chi connectivity index (χ3n) is 4.64. The van der Waals surface area contributed by atoms with Crippen LogP contribution < -0.4 is 0 Å². The van der Waals surface area contributed by atoms with Gasteiger partial charge in [0.1, 0.15) is 6.04 Å². The van der Waals surface area contributed by atoms with Crippen molar-refractivity contribution in [3.8, 4) is 0 Å². The third kappa shape index (κ3) is 3.34. The van der Waals surface area contributed by atoms with E-state index in [0.717, 1.165) is 29.5 Å². The number of fused-ring (bicyclic) bond motifs is 1. The quantitative estimate of drug-likeness (QED) is 0.684. The SMILES string of the molecule is COCCc1noc(C2CCCCN2C(=O)c2ccc3ncsc3c2)n1. The molecule has 1 atom stereocenters. The van der Waals surface area contributed by atoms with Crippen LogP contribution in [0.3, 0.4) is 0 Å². The number of amides is 1. The molecule has 1 amide bonds. The maximum Gasteiger partial charge on any atom is 0.254 e. The molecule has 1 saturated heterocycles. The van der Waals surface area contributed by atoms with Gasteiger partial charge in [0.15, 0.2) is 5.82 Å². The zero-order chi connectivity index (χ0) is 17.9. The van der Waals surface area contributed by atoms with Gasteiger partial charge in [-0.1, -0.05) is 5.16 Å². The van der Waals surface area contributed by atoms with Gasteiger partial charge in [-0.3, -0.25) is 4.79 Å². The molecule has 3 heterocycles. The largest absolute Gasteiger partial charge is 0.384 e. The number of thiazole rings is 1. The Morgan fingerprint density at radius 1 is 1.42 bits per heavy atom. The lowest BCUT2D eigenvalue weighted by Crippen LogP contribution is -2.38. The molecule has 0 saturated carbocycles. The zero-order valence-electron chi connectivity index (χ0n) is 14.6. The Morgan fingerprint density at radius 2 is 2.35 bits per heavy atom. The fourth-order valence-corrected chi connectivity index (χ4v) is 4.00. The summed E-state index contributed by atoms with van der Waals surface area (Å²) in [5.41, 5.74) is 3.39. The molecule has 0 N–H and O–H groups in total. The molecule has 0 radical (unpaired) electrons. The van der Waals surface area contributed by atoms with Crippen molar-refractivity contribution in [2.45, 2.75) is 31.7 Å². The standard InChI is InChI=1S/C18H20N4O3S/c1-24-9-7-16-20-17(25-21-16)14-4-2-3-8-22(14)18(23)12-5-6-13-15(10-12)26-11-19-13/h5-6,10-11,14H,2-4,7-9H2,1H3. The highest BCUT2D eigenvalue weighted by molar-refractivity contribution is 7.16. The molecule has 1 unspecified atom stereocenters. The van der Waals surface area contributed by atoms with Gasteiger partial charge in [0, 0.05) is 25.6 Å². The van der Waals surface area contributed by atoms with Crippen LogP contribution in [0.2, 0.25) is 0 Å². The van der Waals surface area contributed by atoms with Crippen molar-refractivity contribution in [3.63, 3.8) is 0 Å². The molecule has 0 aliphatic carbocycles. The number of rotatable bonds is 5. The Hall–Kier alpha value is -2.32. The van der Waals surface area contributed by atoms with Crippen LogP contribution in [0, 0.1) is 0 Å². The third-order valence-corrected chi connectivity index (χ3v) is 5.43. The van der Waals surface area contributed by atoms with Crippen molar-refractivity contribution in [3.05, 3.63) is 41.0 Å². The summed E-state index contributed by atoms with van der Waals surface area (Å²) in [6.07, 6.45) is 3.46. The minimum Gasteiger partial charge on any atom is -0.384 e. The van der Waals surface area contributed by atoms with E-state index in [1.165, 1.54) is 11.3 Å². The van der Waals surface area contributed by atoms with Gasteiger partial charge in [0.05, 0.1) is 22.3 Å². The van der Waals surface area contributed by atoms with Gasteiger partial charge in [-0.2, -0.15) is 4.98 Å². The Kier molecular flexibility index (Phi) is 4.94. The average Bonchev–Trinajstić information content (AvgIpc) is 3.34. The van der Waals surface area contributed by atoms with Gasteiger partial charge in [0.25, 0.3) is 5.91 Å². The maximum atomic E-state index is 13.1. The maximum absolute atomic E-state index is 13.1. The van der Waals surface area contributed by atoms with E-state index in [9.17, 15) is 4.79 Å². The molecule has 3 aromatic rings. The minimum atomic E-state index is -0.169. The van der Waals surface area contributed by atoms with E-state index in [-0.39, 0.29) is 11.9 Å². The molecule has 0 spiro atoms. The summed E-state index contributed by atoms with van der Waals surface area (Å²) in [7, 11) is 1.64. The number of carbonyl (C=O) groups is 1. The Morgan fingerprint density at radius 3 is 3.23 bits per heavy atom. The lowest BCUT2D eigenvalue weighted by molar-refractivity contribution is 0.0561. The van der Waals surface area contributed by atoms with E-state index < -0.39 is 0 Å². The molecule has 1 aromatic carbocycles. The van der Waals surface area contributed by atoms with E-state index in [2.05, 4.69) is 15.1 Å². The first kappa shape index (κ1) is 17.1. The predicted octanol–water partition coefficient (Wildman–Crippen LogP) is 3.24. The van der Waals surface area contributed by atoms with E-state index in [1.807, 2.05) is 23.1 Å². The highest BCUT2D eigenvalue weighted by Gasteiger charge is 2.32. The molecule has 26 heavy (non-hydrogen) atoms. The van der Waals surface area contributed by atoms with Crippen LogP contribution in [0.15, 0.2) is 28.2 Å². The Labute approximate surface area is 155 Å². The second-order valence-electron chi connectivity index (χ2n) is 6.34. The zero-order valence-corrected chi connectivity index (χ0v) is 15.4. The Balaban J connectivity index is 1.58. The number of hydrogen-bond acceptors (Lipinski definition) is 7. The number of nitrogens with zero attached hydrogens (tertiary/aromatic N) is 4. The van der Waals surface area contributed by atoms with Gasteiger partial charge < -0.3 is 14.2 Å². The van der Waals surface area contributed by atoms with Gasteiger partial charge >= 0.3 is 0 Å². The van der Waals surface area contributed by atoms with Crippen molar-refractivity contribution in [1.82, 2.24) is 20.0 Å². The van der Waals surface area contributed by atoms with Crippen molar-refractivity contribution in [2.75, 3.05) is 20.3 Å². The number of hydrogen-bond donors (Lipinski definition) is 0. The van der Waals surface area contributed by atoms with Crippen LogP contribution in [0.1, 0.15) is 47.4 Å². The molecular formula is C18H20N4O3S. The minimum absolute atomic E-state index is 0.00152. The van der Waals surface area contributed by atoms with Crippen LogP contribution in [0.5, 0.6) is 0 Å². The summed E-state index contributed by atoms with van der Waals surface area (Å²) in [4.78, 5) is 23.7. The molecule has 1 aliphatic heterocycles. The normalized spacial score (nSPS) is 17.7. The van der Waals surface area contributed by atoms with Gasteiger partial charge in [-0.15, -0.1) is 11.3 Å². The fraction of sp³-hybridized carbons (Fsp3) is 0.444. The van der Waals surface area contributed by atoms with E-state index >= 15 is 0 Å². The fourth-order valence-electron chi connectivity index (χ4n) is 3.28. The highest BCUT2D eigenvalue weighted by atomic mass is 32.1. The van der Waals surface area contributed by atoms with Crippen LogP contribution in [-0.2, 0) is 11.2 Å². The molecule has 136 valence electrons. The molecule has 2 aromatic heterocycles. The topological polar surface area (TPSA) is 81.4 Å². The number of aromatic nitrogens is 3. The van der Waals surface area contributed by atoms with E-state index in [0.29, 0.717) is 36.9 Å². The summed E-state index contributed by atoms with van der Waals surface area (Å²) in [6.45, 7) is 1.24. The number of benzene rings is 1. The molecule has 1 aliphatic rings. The first-order chi connectivity index (χ1) is 12.8.